The van der Waals surface area contributed by atoms with Crippen LogP contribution in [0.15, 0.2) is 30.3 Å². The van der Waals surface area contributed by atoms with Gasteiger partial charge in [-0.3, -0.25) is 0 Å². The van der Waals surface area contributed by atoms with Crippen molar-refractivity contribution in [2.75, 3.05) is 26.2 Å². The van der Waals surface area contributed by atoms with Gasteiger partial charge in [-0.2, -0.15) is 0 Å². The molecule has 1 unspecified atom stereocenters. The van der Waals surface area contributed by atoms with Gasteiger partial charge in [0.15, 0.2) is 0 Å². The van der Waals surface area contributed by atoms with Crippen molar-refractivity contribution in [2.45, 2.75) is 31.6 Å². The molecule has 1 saturated heterocycles. The summed E-state index contributed by atoms with van der Waals surface area (Å²) in [5.74, 6) is 0. The van der Waals surface area contributed by atoms with Gasteiger partial charge < -0.3 is 10.0 Å². The molecular formula is C15H23NO. The first-order valence-electron chi connectivity index (χ1n) is 6.63. The zero-order chi connectivity index (χ0) is 12.1. The van der Waals surface area contributed by atoms with Gasteiger partial charge in [0.05, 0.1) is 0 Å². The summed E-state index contributed by atoms with van der Waals surface area (Å²) < 4.78 is 0. The van der Waals surface area contributed by atoms with E-state index in [0.29, 0.717) is 6.61 Å². The van der Waals surface area contributed by atoms with E-state index in [9.17, 15) is 0 Å². The number of hydrogen-bond acceptors (Lipinski definition) is 2. The summed E-state index contributed by atoms with van der Waals surface area (Å²) in [6.45, 7) is 6.00. The van der Waals surface area contributed by atoms with Gasteiger partial charge in [-0.15, -0.1) is 0 Å². The summed E-state index contributed by atoms with van der Waals surface area (Å²) in [6.07, 6.45) is 3.42. The normalized spacial score (nSPS) is 26.0. The Balaban J connectivity index is 2.04. The van der Waals surface area contributed by atoms with Gasteiger partial charge >= 0.3 is 0 Å². The highest BCUT2D eigenvalue weighted by Crippen LogP contribution is 2.33. The Morgan fingerprint density at radius 2 is 2.06 bits per heavy atom. The van der Waals surface area contributed by atoms with Crippen LogP contribution >= 0.6 is 0 Å². The van der Waals surface area contributed by atoms with Crippen LogP contribution in [-0.2, 0) is 5.41 Å². The molecule has 0 spiro atoms. The number of nitrogens with zero attached hydrogens (tertiary/aromatic N) is 1. The Morgan fingerprint density at radius 1 is 1.29 bits per heavy atom. The molecular weight excluding hydrogens is 210 g/mol. The Bertz CT molecular complexity index is 338. The highest BCUT2D eigenvalue weighted by molar-refractivity contribution is 5.25. The molecule has 2 rings (SSSR count). The van der Waals surface area contributed by atoms with E-state index in [4.69, 9.17) is 5.11 Å². The summed E-state index contributed by atoms with van der Waals surface area (Å²) in [7, 11) is 0. The molecule has 0 aromatic heterocycles. The molecule has 1 fully saturated rings. The average Bonchev–Trinajstić information content (AvgIpc) is 2.38. The predicted octanol–water partition coefficient (Wildman–Crippen LogP) is 2.42. The molecule has 2 heteroatoms. The van der Waals surface area contributed by atoms with Gasteiger partial charge in [0.1, 0.15) is 0 Å². The minimum absolute atomic E-state index is 0.287. The van der Waals surface area contributed by atoms with Crippen LogP contribution in [0, 0.1) is 0 Å². The Kier molecular flexibility index (Phi) is 4.19. The molecule has 0 saturated carbocycles. The topological polar surface area (TPSA) is 23.5 Å². The maximum atomic E-state index is 8.92. The van der Waals surface area contributed by atoms with Crippen molar-refractivity contribution in [1.29, 1.82) is 0 Å². The van der Waals surface area contributed by atoms with Crippen LogP contribution in [0.5, 0.6) is 0 Å². The molecule has 17 heavy (non-hydrogen) atoms. The van der Waals surface area contributed by atoms with E-state index in [1.54, 1.807) is 0 Å². The van der Waals surface area contributed by atoms with E-state index >= 15 is 0 Å². The van der Waals surface area contributed by atoms with Crippen molar-refractivity contribution in [2.24, 2.45) is 0 Å². The van der Waals surface area contributed by atoms with Gasteiger partial charge in [-0.05, 0) is 31.4 Å². The molecule has 0 bridgehead atoms. The second-order valence-corrected chi connectivity index (χ2v) is 5.38. The summed E-state index contributed by atoms with van der Waals surface area (Å²) in [5.41, 5.74) is 1.74. The van der Waals surface area contributed by atoms with E-state index in [-0.39, 0.29) is 5.41 Å². The number of aliphatic hydroxyl groups excluding tert-OH is 1. The van der Waals surface area contributed by atoms with Crippen molar-refractivity contribution in [1.82, 2.24) is 4.90 Å². The first-order valence-corrected chi connectivity index (χ1v) is 6.63. The van der Waals surface area contributed by atoms with Crippen LogP contribution in [0.2, 0.25) is 0 Å². The molecule has 1 aliphatic heterocycles. The quantitative estimate of drug-likeness (QED) is 0.863. The lowest BCUT2D eigenvalue weighted by molar-refractivity contribution is 0.144. The maximum absolute atomic E-state index is 8.92. The largest absolute Gasteiger partial charge is 0.396 e. The van der Waals surface area contributed by atoms with Crippen molar-refractivity contribution in [3.8, 4) is 0 Å². The molecule has 1 aromatic carbocycles. The molecule has 0 aliphatic carbocycles. The molecule has 1 N–H and O–H groups in total. The molecule has 1 aromatic rings. The monoisotopic (exact) mass is 233 g/mol. The molecule has 94 valence electrons. The van der Waals surface area contributed by atoms with Crippen LogP contribution < -0.4 is 0 Å². The lowest BCUT2D eigenvalue weighted by Crippen LogP contribution is -2.44. The van der Waals surface area contributed by atoms with E-state index in [0.717, 1.165) is 19.5 Å². The van der Waals surface area contributed by atoms with Crippen LogP contribution in [0.3, 0.4) is 0 Å². The van der Waals surface area contributed by atoms with Crippen molar-refractivity contribution in [3.63, 3.8) is 0 Å². The number of benzene rings is 1. The van der Waals surface area contributed by atoms with E-state index < -0.39 is 0 Å². The Labute approximate surface area is 104 Å². The highest BCUT2D eigenvalue weighted by Gasteiger charge is 2.31. The number of aliphatic hydroxyl groups is 1. The standard InChI is InChI=1S/C15H23NO/c1-15(14-7-3-2-4-8-14)9-5-10-16(13-15)11-6-12-17/h2-4,7-8,17H,5-6,9-13H2,1H3. The van der Waals surface area contributed by atoms with Crippen LogP contribution in [0.4, 0.5) is 0 Å². The second kappa shape index (κ2) is 5.65. The number of rotatable bonds is 4. The SMILES string of the molecule is CC1(c2ccccc2)CCCN(CCCO)C1. The average molecular weight is 233 g/mol. The van der Waals surface area contributed by atoms with E-state index in [1.807, 2.05) is 0 Å². The first-order chi connectivity index (χ1) is 8.24. The summed E-state index contributed by atoms with van der Waals surface area (Å²) in [4.78, 5) is 2.49. The predicted molar refractivity (Wildman–Crippen MR) is 71.2 cm³/mol. The molecule has 1 atom stereocenters. The summed E-state index contributed by atoms with van der Waals surface area (Å²) in [6, 6.07) is 10.8. The Hall–Kier alpha value is -0.860. The number of hydrogen-bond donors (Lipinski definition) is 1. The van der Waals surface area contributed by atoms with E-state index in [1.165, 1.54) is 24.9 Å². The van der Waals surface area contributed by atoms with Gasteiger partial charge in [-0.25, -0.2) is 0 Å². The van der Waals surface area contributed by atoms with Crippen molar-refractivity contribution in [3.05, 3.63) is 35.9 Å². The third kappa shape index (κ3) is 3.08. The minimum Gasteiger partial charge on any atom is -0.396 e. The Morgan fingerprint density at radius 3 is 2.76 bits per heavy atom. The molecule has 0 radical (unpaired) electrons. The zero-order valence-electron chi connectivity index (χ0n) is 10.7. The minimum atomic E-state index is 0.287. The third-order valence-electron chi connectivity index (χ3n) is 3.88. The zero-order valence-corrected chi connectivity index (χ0v) is 10.7. The van der Waals surface area contributed by atoms with Crippen LogP contribution in [0.25, 0.3) is 0 Å². The lowest BCUT2D eigenvalue weighted by Gasteiger charge is -2.41. The van der Waals surface area contributed by atoms with Crippen molar-refractivity contribution < 1.29 is 5.11 Å². The number of piperidine rings is 1. The highest BCUT2D eigenvalue weighted by atomic mass is 16.3. The smallest absolute Gasteiger partial charge is 0.0443 e. The lowest BCUT2D eigenvalue weighted by atomic mass is 9.76. The van der Waals surface area contributed by atoms with Crippen LogP contribution in [-0.4, -0.2) is 36.2 Å². The van der Waals surface area contributed by atoms with Gasteiger partial charge in [0.25, 0.3) is 0 Å². The fraction of sp³-hybridized carbons (Fsp3) is 0.600. The third-order valence-corrected chi connectivity index (χ3v) is 3.88. The van der Waals surface area contributed by atoms with Crippen LogP contribution in [0.1, 0.15) is 31.7 Å². The molecule has 0 amide bonds. The second-order valence-electron chi connectivity index (χ2n) is 5.38. The first kappa shape index (κ1) is 12.6. The van der Waals surface area contributed by atoms with E-state index in [2.05, 4.69) is 42.2 Å². The molecule has 1 aliphatic rings. The molecule has 1 heterocycles. The van der Waals surface area contributed by atoms with Gasteiger partial charge in [0.2, 0.25) is 0 Å². The fourth-order valence-electron chi connectivity index (χ4n) is 2.91. The van der Waals surface area contributed by atoms with Crippen molar-refractivity contribution >= 4 is 0 Å². The molecule has 2 nitrogen and oxygen atoms in total. The van der Waals surface area contributed by atoms with Gasteiger partial charge in [-0.1, -0.05) is 37.3 Å². The fourth-order valence-corrected chi connectivity index (χ4v) is 2.91. The number of likely N-dealkylation sites (tertiary alicyclic amines) is 1. The van der Waals surface area contributed by atoms with Gasteiger partial charge in [0, 0.05) is 25.1 Å². The summed E-state index contributed by atoms with van der Waals surface area (Å²) in [5, 5.41) is 8.92. The summed E-state index contributed by atoms with van der Waals surface area (Å²) >= 11 is 0. The maximum Gasteiger partial charge on any atom is 0.0443 e.